The lowest BCUT2D eigenvalue weighted by Gasteiger charge is -2.30. The molecule has 1 heterocycles. The maximum absolute atomic E-state index is 13.3. The first kappa shape index (κ1) is 26.9. The molecule has 1 fully saturated rings. The van der Waals surface area contributed by atoms with Crippen molar-refractivity contribution in [3.05, 3.63) is 71.3 Å². The van der Waals surface area contributed by atoms with E-state index in [9.17, 15) is 18.0 Å². The average molecular weight is 525 g/mol. The molecule has 2 amide bonds. The van der Waals surface area contributed by atoms with Gasteiger partial charge < -0.3 is 10.1 Å². The van der Waals surface area contributed by atoms with Crippen LogP contribution in [0.15, 0.2) is 54.6 Å². The van der Waals surface area contributed by atoms with E-state index in [0.29, 0.717) is 25.1 Å². The molecule has 4 rings (SSSR count). The Morgan fingerprint density at radius 1 is 1.05 bits per heavy atom. The van der Waals surface area contributed by atoms with E-state index in [1.54, 1.807) is 0 Å². The molecule has 198 valence electrons. The van der Waals surface area contributed by atoms with E-state index in [1.807, 2.05) is 54.6 Å². The third kappa shape index (κ3) is 6.42. The summed E-state index contributed by atoms with van der Waals surface area (Å²) in [6.07, 6.45) is 4.91. The smallest absolute Gasteiger partial charge is 0.246 e. The van der Waals surface area contributed by atoms with E-state index in [-0.39, 0.29) is 5.41 Å². The highest BCUT2D eigenvalue weighted by atomic mass is 32.2. The molecule has 1 saturated carbocycles. The number of ether oxygens (including phenoxy) is 1. The molecule has 0 radical (unpaired) electrons. The second-order valence-corrected chi connectivity index (χ2v) is 12.8. The predicted molar refractivity (Wildman–Crippen MR) is 144 cm³/mol. The first-order valence-electron chi connectivity index (χ1n) is 12.9. The lowest BCUT2D eigenvalue weighted by atomic mass is 9.79. The van der Waals surface area contributed by atoms with E-state index >= 15 is 0 Å². The molecule has 0 aromatic heterocycles. The maximum atomic E-state index is 13.3. The van der Waals surface area contributed by atoms with Gasteiger partial charge in [0, 0.05) is 11.6 Å². The van der Waals surface area contributed by atoms with Crippen LogP contribution in [0.5, 0.6) is 5.75 Å². The van der Waals surface area contributed by atoms with Gasteiger partial charge in [-0.05, 0) is 65.6 Å². The second-order valence-electron chi connectivity index (χ2n) is 10.9. The molecule has 2 atom stereocenters. The largest absolute Gasteiger partial charge is 0.494 e. The lowest BCUT2D eigenvalue weighted by Crippen LogP contribution is -2.48. The van der Waals surface area contributed by atoms with Gasteiger partial charge in [0.25, 0.3) is 0 Å². The highest BCUT2D eigenvalue weighted by molar-refractivity contribution is 7.90. The molecule has 2 aromatic carbocycles. The van der Waals surface area contributed by atoms with Crippen molar-refractivity contribution in [2.24, 2.45) is 5.92 Å². The van der Waals surface area contributed by atoms with Crippen molar-refractivity contribution in [2.45, 2.75) is 70.0 Å². The first-order valence-corrected chi connectivity index (χ1v) is 14.5. The number of hydrogen-bond acceptors (Lipinski definition) is 5. The molecule has 8 heteroatoms. The third-order valence-electron chi connectivity index (χ3n) is 6.83. The van der Waals surface area contributed by atoms with Gasteiger partial charge in [0.05, 0.1) is 11.9 Å². The van der Waals surface area contributed by atoms with E-state index < -0.39 is 38.9 Å². The van der Waals surface area contributed by atoms with E-state index in [1.165, 1.54) is 0 Å². The summed E-state index contributed by atoms with van der Waals surface area (Å²) in [5, 5.41) is 2.27. The van der Waals surface area contributed by atoms with Crippen molar-refractivity contribution in [1.29, 1.82) is 0 Å². The number of benzene rings is 2. The van der Waals surface area contributed by atoms with Gasteiger partial charge >= 0.3 is 0 Å². The molecule has 0 spiro atoms. The Morgan fingerprint density at radius 2 is 1.70 bits per heavy atom. The molecular weight excluding hydrogens is 488 g/mol. The zero-order valence-electron chi connectivity index (χ0n) is 21.9. The van der Waals surface area contributed by atoms with Crippen molar-refractivity contribution in [3.8, 4) is 5.75 Å². The van der Waals surface area contributed by atoms with Crippen molar-refractivity contribution in [2.75, 3.05) is 6.61 Å². The summed E-state index contributed by atoms with van der Waals surface area (Å²) in [5.74, 6) is -2.43. The van der Waals surface area contributed by atoms with E-state index in [2.05, 4.69) is 37.7 Å². The standard InChI is InChI=1S/C29H36N2O5S/c1-5-6-17-36-22-13-9-20(10-14-22)25-18-24(19-7-11-21(12-8-19)29(2,3)4)26(27(32)30-25)28(33)31-37(34,35)23-15-16-23/h7-14,18,23-24,26H,5-6,15-17H2,1-4H3,(H,30,32)(H,31,33). The fraction of sp³-hybridized carbons (Fsp3) is 0.448. The van der Waals surface area contributed by atoms with Crippen molar-refractivity contribution in [3.63, 3.8) is 0 Å². The quantitative estimate of drug-likeness (QED) is 0.368. The molecule has 2 aromatic rings. The summed E-state index contributed by atoms with van der Waals surface area (Å²) in [6, 6.07) is 15.3. The molecule has 2 aliphatic rings. The van der Waals surface area contributed by atoms with E-state index in [4.69, 9.17) is 4.74 Å². The molecule has 2 N–H and O–H groups in total. The molecule has 37 heavy (non-hydrogen) atoms. The van der Waals surface area contributed by atoms with Gasteiger partial charge in [-0.25, -0.2) is 8.42 Å². The van der Waals surface area contributed by atoms with Gasteiger partial charge in [-0.2, -0.15) is 0 Å². The summed E-state index contributed by atoms with van der Waals surface area (Å²) in [4.78, 5) is 26.5. The Balaban J connectivity index is 1.66. The van der Waals surface area contributed by atoms with Crippen LogP contribution in [0.25, 0.3) is 5.70 Å². The number of allylic oxidation sites excluding steroid dienone is 1. The molecule has 0 saturated heterocycles. The number of amides is 2. The van der Waals surface area contributed by atoms with Crippen LogP contribution in [-0.2, 0) is 25.0 Å². The number of carbonyl (C=O) groups is 2. The normalized spacial score (nSPS) is 20.1. The SMILES string of the molecule is CCCCOc1ccc(C2=CC(c3ccc(C(C)(C)C)cc3)C(C(=O)NS(=O)(=O)C3CC3)C(=O)N2)cc1. The molecule has 7 nitrogen and oxygen atoms in total. The minimum atomic E-state index is -3.79. The van der Waals surface area contributed by atoms with Crippen LogP contribution >= 0.6 is 0 Å². The van der Waals surface area contributed by atoms with Crippen molar-refractivity contribution >= 4 is 27.5 Å². The Hall–Kier alpha value is -3.13. The van der Waals surface area contributed by atoms with Crippen LogP contribution < -0.4 is 14.8 Å². The van der Waals surface area contributed by atoms with Gasteiger partial charge in [0.2, 0.25) is 21.8 Å². The van der Waals surface area contributed by atoms with Gasteiger partial charge in [-0.3, -0.25) is 14.3 Å². The summed E-state index contributed by atoms with van der Waals surface area (Å²) in [7, 11) is -3.79. The number of rotatable bonds is 9. The van der Waals surface area contributed by atoms with Crippen LogP contribution in [0.1, 0.15) is 76.0 Å². The Morgan fingerprint density at radius 3 is 2.27 bits per heavy atom. The number of hydrogen-bond donors (Lipinski definition) is 2. The first-order chi connectivity index (χ1) is 17.5. The molecule has 1 aliphatic carbocycles. The Kier molecular flexibility index (Phi) is 7.78. The summed E-state index contributed by atoms with van der Waals surface area (Å²) >= 11 is 0. The molecular formula is C29H36N2O5S. The van der Waals surface area contributed by atoms with Gasteiger partial charge in [-0.15, -0.1) is 0 Å². The zero-order chi connectivity index (χ0) is 26.8. The number of unbranched alkanes of at least 4 members (excludes halogenated alkanes) is 1. The average Bonchev–Trinajstić information content (AvgIpc) is 3.70. The van der Waals surface area contributed by atoms with Gasteiger partial charge in [-0.1, -0.05) is 64.5 Å². The van der Waals surface area contributed by atoms with Crippen LogP contribution in [0.4, 0.5) is 0 Å². The van der Waals surface area contributed by atoms with Gasteiger partial charge in [0.15, 0.2) is 0 Å². The number of carbonyl (C=O) groups excluding carboxylic acids is 2. The van der Waals surface area contributed by atoms with Gasteiger partial charge in [0.1, 0.15) is 11.7 Å². The summed E-state index contributed by atoms with van der Waals surface area (Å²) in [5.41, 5.74) is 3.18. The molecule has 2 unspecified atom stereocenters. The fourth-order valence-electron chi connectivity index (χ4n) is 4.37. The van der Waals surface area contributed by atoms with Crippen LogP contribution in [0.2, 0.25) is 0 Å². The summed E-state index contributed by atoms with van der Waals surface area (Å²) < 4.78 is 32.9. The van der Waals surface area contributed by atoms with Crippen LogP contribution in [0, 0.1) is 5.92 Å². The Bertz CT molecular complexity index is 1270. The molecule has 1 aliphatic heterocycles. The number of nitrogens with one attached hydrogen (secondary N) is 2. The maximum Gasteiger partial charge on any atom is 0.246 e. The van der Waals surface area contributed by atoms with Crippen molar-refractivity contribution < 1.29 is 22.7 Å². The highest BCUT2D eigenvalue weighted by Gasteiger charge is 2.43. The highest BCUT2D eigenvalue weighted by Crippen LogP contribution is 2.36. The Labute approximate surface area is 219 Å². The molecule has 0 bridgehead atoms. The third-order valence-corrected chi connectivity index (χ3v) is 8.66. The monoisotopic (exact) mass is 524 g/mol. The zero-order valence-corrected chi connectivity index (χ0v) is 22.7. The topological polar surface area (TPSA) is 102 Å². The lowest BCUT2D eigenvalue weighted by molar-refractivity contribution is -0.134. The predicted octanol–water partition coefficient (Wildman–Crippen LogP) is 4.64. The van der Waals surface area contributed by atoms with Crippen molar-refractivity contribution in [1.82, 2.24) is 10.0 Å². The van der Waals surface area contributed by atoms with Crippen LogP contribution in [0.3, 0.4) is 0 Å². The van der Waals surface area contributed by atoms with E-state index in [0.717, 1.165) is 35.3 Å². The number of sulfonamides is 1. The minimum absolute atomic E-state index is 0.0560. The fourth-order valence-corrected chi connectivity index (χ4v) is 5.70. The minimum Gasteiger partial charge on any atom is -0.494 e. The van der Waals surface area contributed by atoms with Crippen LogP contribution in [-0.4, -0.2) is 32.1 Å². The summed E-state index contributed by atoms with van der Waals surface area (Å²) in [6.45, 7) is 9.09. The second kappa shape index (κ2) is 10.7.